The highest BCUT2D eigenvalue weighted by atomic mass is 32.1. The molecule has 1 aromatic heterocycles. The average Bonchev–Trinajstić information content (AvgIpc) is 2.58. The van der Waals surface area contributed by atoms with Crippen LogP contribution in [0.5, 0.6) is 0 Å². The topological polar surface area (TPSA) is 49.8 Å². The molecule has 2 aromatic rings. The Kier molecular flexibility index (Phi) is 2.49. The van der Waals surface area contributed by atoms with Crippen molar-refractivity contribution in [1.82, 2.24) is 0 Å². The first-order valence-corrected chi connectivity index (χ1v) is 5.29. The van der Waals surface area contributed by atoms with Gasteiger partial charge in [-0.2, -0.15) is 5.26 Å². The molecule has 0 spiro atoms. The zero-order valence-corrected chi connectivity index (χ0v) is 8.47. The second-order valence-electron chi connectivity index (χ2n) is 3.06. The van der Waals surface area contributed by atoms with Crippen molar-refractivity contribution in [2.75, 3.05) is 6.54 Å². The summed E-state index contributed by atoms with van der Waals surface area (Å²) in [7, 11) is 0. The second kappa shape index (κ2) is 3.79. The van der Waals surface area contributed by atoms with Crippen molar-refractivity contribution in [2.45, 2.75) is 6.42 Å². The summed E-state index contributed by atoms with van der Waals surface area (Å²) in [6.45, 7) is 0.593. The van der Waals surface area contributed by atoms with Crippen LogP contribution < -0.4 is 5.73 Å². The van der Waals surface area contributed by atoms with Gasteiger partial charge in [-0.1, -0.05) is 18.2 Å². The Morgan fingerprint density at radius 2 is 2.14 bits per heavy atom. The Morgan fingerprint density at radius 3 is 2.86 bits per heavy atom. The van der Waals surface area contributed by atoms with E-state index in [1.165, 1.54) is 10.1 Å². The molecular weight excluding hydrogens is 192 g/mol. The lowest BCUT2D eigenvalue weighted by molar-refractivity contribution is 0.978. The van der Waals surface area contributed by atoms with Crippen LogP contribution in [0.1, 0.15) is 10.4 Å². The molecule has 0 aliphatic rings. The summed E-state index contributed by atoms with van der Waals surface area (Å²) >= 11 is 1.55. The SMILES string of the molecule is N#Cc1sc2ccccc2c1CCN. The largest absolute Gasteiger partial charge is 0.330 e. The van der Waals surface area contributed by atoms with Gasteiger partial charge in [-0.05, 0) is 30.0 Å². The van der Waals surface area contributed by atoms with Gasteiger partial charge in [0.2, 0.25) is 0 Å². The fourth-order valence-corrected chi connectivity index (χ4v) is 2.63. The molecule has 0 atom stereocenters. The molecule has 14 heavy (non-hydrogen) atoms. The molecule has 0 aliphatic heterocycles. The molecule has 0 bridgehead atoms. The third kappa shape index (κ3) is 1.39. The van der Waals surface area contributed by atoms with Crippen LogP contribution in [0, 0.1) is 11.3 Å². The number of hydrogen-bond donors (Lipinski definition) is 1. The van der Waals surface area contributed by atoms with E-state index in [-0.39, 0.29) is 0 Å². The van der Waals surface area contributed by atoms with Gasteiger partial charge in [-0.25, -0.2) is 0 Å². The van der Waals surface area contributed by atoms with Crippen molar-refractivity contribution in [3.05, 3.63) is 34.7 Å². The summed E-state index contributed by atoms with van der Waals surface area (Å²) < 4.78 is 1.17. The first kappa shape index (κ1) is 9.20. The van der Waals surface area contributed by atoms with Gasteiger partial charge >= 0.3 is 0 Å². The minimum Gasteiger partial charge on any atom is -0.330 e. The third-order valence-corrected chi connectivity index (χ3v) is 3.31. The first-order chi connectivity index (χ1) is 6.86. The van der Waals surface area contributed by atoms with Crippen LogP contribution in [0.3, 0.4) is 0 Å². The molecule has 70 valence electrons. The number of nitrogens with two attached hydrogens (primary N) is 1. The Morgan fingerprint density at radius 1 is 1.36 bits per heavy atom. The van der Waals surface area contributed by atoms with Crippen molar-refractivity contribution in [3.8, 4) is 6.07 Å². The number of benzene rings is 1. The summed E-state index contributed by atoms with van der Waals surface area (Å²) in [5.41, 5.74) is 6.64. The monoisotopic (exact) mass is 202 g/mol. The molecule has 0 unspecified atom stereocenters. The van der Waals surface area contributed by atoms with E-state index >= 15 is 0 Å². The molecule has 2 rings (SSSR count). The van der Waals surface area contributed by atoms with Crippen molar-refractivity contribution >= 4 is 21.4 Å². The van der Waals surface area contributed by atoms with E-state index in [4.69, 9.17) is 11.0 Å². The van der Waals surface area contributed by atoms with Crippen molar-refractivity contribution in [2.24, 2.45) is 5.73 Å². The summed E-state index contributed by atoms with van der Waals surface area (Å²) in [5.74, 6) is 0. The fourth-order valence-electron chi connectivity index (χ4n) is 1.58. The van der Waals surface area contributed by atoms with Crippen molar-refractivity contribution in [3.63, 3.8) is 0 Å². The number of rotatable bonds is 2. The molecule has 0 aliphatic carbocycles. The first-order valence-electron chi connectivity index (χ1n) is 4.47. The minimum absolute atomic E-state index is 0.593. The van der Waals surface area contributed by atoms with E-state index in [1.54, 1.807) is 11.3 Å². The van der Waals surface area contributed by atoms with Gasteiger partial charge in [0.25, 0.3) is 0 Å². The summed E-state index contributed by atoms with van der Waals surface area (Å²) in [4.78, 5) is 0.802. The molecule has 2 N–H and O–H groups in total. The molecule has 3 heteroatoms. The normalized spacial score (nSPS) is 10.3. The van der Waals surface area contributed by atoms with Crippen LogP contribution in [0.2, 0.25) is 0 Å². The Bertz CT molecular complexity index is 493. The van der Waals surface area contributed by atoms with Gasteiger partial charge in [0.1, 0.15) is 10.9 Å². The molecule has 2 nitrogen and oxygen atoms in total. The zero-order valence-electron chi connectivity index (χ0n) is 7.66. The van der Waals surface area contributed by atoms with Gasteiger partial charge in [-0.15, -0.1) is 11.3 Å². The molecule has 0 amide bonds. The van der Waals surface area contributed by atoms with Gasteiger partial charge < -0.3 is 5.73 Å². The van der Waals surface area contributed by atoms with E-state index in [0.29, 0.717) is 6.54 Å². The van der Waals surface area contributed by atoms with Crippen LogP contribution >= 0.6 is 11.3 Å². The lowest BCUT2D eigenvalue weighted by Gasteiger charge is -1.95. The maximum absolute atomic E-state index is 8.97. The van der Waals surface area contributed by atoms with Crippen LogP contribution in [-0.2, 0) is 6.42 Å². The molecule has 1 heterocycles. The quantitative estimate of drug-likeness (QED) is 0.812. The summed E-state index contributed by atoms with van der Waals surface area (Å²) in [6.07, 6.45) is 0.785. The predicted octanol–water partition coefficient (Wildman–Crippen LogP) is 2.27. The lowest BCUT2D eigenvalue weighted by Crippen LogP contribution is -2.02. The van der Waals surface area contributed by atoms with E-state index in [9.17, 15) is 0 Å². The standard InChI is InChI=1S/C11H10N2S/c12-6-5-9-8-3-1-2-4-10(8)14-11(9)7-13/h1-4H,5-6,12H2. The zero-order chi connectivity index (χ0) is 9.97. The number of thiophene rings is 1. The number of fused-ring (bicyclic) bond motifs is 1. The number of hydrogen-bond acceptors (Lipinski definition) is 3. The Labute approximate surface area is 86.6 Å². The van der Waals surface area contributed by atoms with Gasteiger partial charge in [0.05, 0.1) is 0 Å². The van der Waals surface area contributed by atoms with Crippen molar-refractivity contribution < 1.29 is 0 Å². The van der Waals surface area contributed by atoms with Gasteiger partial charge in [0, 0.05) is 4.70 Å². The van der Waals surface area contributed by atoms with Crippen LogP contribution in [-0.4, -0.2) is 6.54 Å². The summed E-state index contributed by atoms with van der Waals surface area (Å²) in [5, 5.41) is 10.1. The fraction of sp³-hybridized carbons (Fsp3) is 0.182. The Balaban J connectivity index is 2.69. The average molecular weight is 202 g/mol. The van der Waals surface area contributed by atoms with Gasteiger partial charge in [-0.3, -0.25) is 0 Å². The van der Waals surface area contributed by atoms with E-state index in [0.717, 1.165) is 16.9 Å². The molecule has 0 fully saturated rings. The van der Waals surface area contributed by atoms with Crippen LogP contribution in [0.25, 0.3) is 10.1 Å². The van der Waals surface area contributed by atoms with E-state index in [1.807, 2.05) is 18.2 Å². The van der Waals surface area contributed by atoms with E-state index < -0.39 is 0 Å². The van der Waals surface area contributed by atoms with Crippen LogP contribution in [0.4, 0.5) is 0 Å². The maximum Gasteiger partial charge on any atom is 0.110 e. The lowest BCUT2D eigenvalue weighted by atomic mass is 10.1. The highest BCUT2D eigenvalue weighted by Crippen LogP contribution is 2.30. The smallest absolute Gasteiger partial charge is 0.110 e. The number of nitrogens with zero attached hydrogens (tertiary/aromatic N) is 1. The molecule has 0 radical (unpaired) electrons. The third-order valence-electron chi connectivity index (χ3n) is 2.19. The van der Waals surface area contributed by atoms with E-state index in [2.05, 4.69) is 12.1 Å². The Hall–Kier alpha value is -1.37. The van der Waals surface area contributed by atoms with Crippen LogP contribution in [0.15, 0.2) is 24.3 Å². The highest BCUT2D eigenvalue weighted by Gasteiger charge is 2.09. The molecule has 0 saturated heterocycles. The molecular formula is C11H10N2S. The predicted molar refractivity (Wildman–Crippen MR) is 59.3 cm³/mol. The molecule has 1 aromatic carbocycles. The van der Waals surface area contributed by atoms with Crippen molar-refractivity contribution in [1.29, 1.82) is 5.26 Å². The minimum atomic E-state index is 0.593. The number of nitriles is 1. The second-order valence-corrected chi connectivity index (χ2v) is 4.11. The highest BCUT2D eigenvalue weighted by molar-refractivity contribution is 7.19. The summed E-state index contributed by atoms with van der Waals surface area (Å²) in [6, 6.07) is 10.3. The maximum atomic E-state index is 8.97. The molecule has 0 saturated carbocycles. The van der Waals surface area contributed by atoms with Gasteiger partial charge in [0.15, 0.2) is 0 Å².